The molecule has 1 aliphatic heterocycles. The minimum Gasteiger partial charge on any atom is -0.388 e. The topological polar surface area (TPSA) is 105 Å². The summed E-state index contributed by atoms with van der Waals surface area (Å²) < 4.78 is 6.44. The molecule has 1 aliphatic rings. The number of nitrogens with zero attached hydrogens (tertiary/aromatic N) is 1. The molecule has 1 unspecified atom stereocenters. The molecule has 0 aromatic carbocycles. The lowest BCUT2D eigenvalue weighted by atomic mass is 10.1. The van der Waals surface area contributed by atoms with Gasteiger partial charge in [0.25, 0.3) is 5.56 Å². The van der Waals surface area contributed by atoms with E-state index < -0.39 is 35.8 Å². The fraction of sp³-hybridized carbons (Fsp3) is 0.600. The number of hydrogen-bond acceptors (Lipinski definition) is 5. The van der Waals surface area contributed by atoms with Crippen LogP contribution in [0, 0.1) is 0 Å². The number of aromatic nitrogens is 2. The predicted molar refractivity (Wildman–Crippen MR) is 57.5 cm³/mol. The highest BCUT2D eigenvalue weighted by Crippen LogP contribution is 2.29. The summed E-state index contributed by atoms with van der Waals surface area (Å²) in [6.45, 7) is 1.80. The van der Waals surface area contributed by atoms with Gasteiger partial charge in [0.15, 0.2) is 6.23 Å². The molecule has 2 rings (SSSR count). The Bertz CT molecular complexity index is 508. The quantitative estimate of drug-likeness (QED) is 0.589. The molecule has 4 atom stereocenters. The van der Waals surface area contributed by atoms with Crippen molar-refractivity contribution in [3.63, 3.8) is 0 Å². The van der Waals surface area contributed by atoms with E-state index in [0.717, 1.165) is 10.6 Å². The first kappa shape index (κ1) is 12.0. The van der Waals surface area contributed by atoms with Crippen molar-refractivity contribution in [2.24, 2.45) is 0 Å². The van der Waals surface area contributed by atoms with E-state index in [1.165, 1.54) is 6.20 Å². The van der Waals surface area contributed by atoms with Gasteiger partial charge >= 0.3 is 5.69 Å². The van der Waals surface area contributed by atoms with Gasteiger partial charge in [-0.2, -0.15) is 0 Å². The van der Waals surface area contributed by atoms with Crippen molar-refractivity contribution in [3.8, 4) is 0 Å². The molecule has 0 spiro atoms. The Labute approximate surface area is 96.3 Å². The molecule has 7 heteroatoms. The van der Waals surface area contributed by atoms with Gasteiger partial charge in [0.2, 0.25) is 0 Å². The van der Waals surface area contributed by atoms with Gasteiger partial charge < -0.3 is 14.9 Å². The summed E-state index contributed by atoms with van der Waals surface area (Å²) in [6.07, 6.45) is -1.97. The summed E-state index contributed by atoms with van der Waals surface area (Å²) in [7, 11) is 0. The van der Waals surface area contributed by atoms with E-state index in [4.69, 9.17) is 4.74 Å². The van der Waals surface area contributed by atoms with Gasteiger partial charge in [-0.25, -0.2) is 4.79 Å². The van der Waals surface area contributed by atoms with Crippen LogP contribution in [0.15, 0.2) is 21.9 Å². The Balaban J connectivity index is 2.35. The Morgan fingerprint density at radius 3 is 2.65 bits per heavy atom. The third kappa shape index (κ3) is 2.04. The highest BCUT2D eigenvalue weighted by Gasteiger charge is 2.42. The zero-order valence-electron chi connectivity index (χ0n) is 9.24. The largest absolute Gasteiger partial charge is 0.388 e. The maximum Gasteiger partial charge on any atom is 0.330 e. The molecule has 0 saturated carbocycles. The molecule has 0 radical (unpaired) electrons. The van der Waals surface area contributed by atoms with Crippen LogP contribution in [0.4, 0.5) is 0 Å². The maximum absolute atomic E-state index is 11.5. The molecular formula is C10H14N2O5. The van der Waals surface area contributed by atoms with Crippen molar-refractivity contribution in [1.82, 2.24) is 9.55 Å². The van der Waals surface area contributed by atoms with E-state index in [-0.39, 0.29) is 0 Å². The van der Waals surface area contributed by atoms with Crippen LogP contribution < -0.4 is 11.2 Å². The third-order valence-electron chi connectivity index (χ3n) is 2.86. The molecule has 3 N–H and O–H groups in total. The van der Waals surface area contributed by atoms with E-state index in [9.17, 15) is 19.8 Å². The molecule has 1 fully saturated rings. The van der Waals surface area contributed by atoms with Crippen molar-refractivity contribution in [1.29, 1.82) is 0 Å². The highest BCUT2D eigenvalue weighted by atomic mass is 16.6. The fourth-order valence-electron chi connectivity index (χ4n) is 1.92. The zero-order valence-corrected chi connectivity index (χ0v) is 9.24. The van der Waals surface area contributed by atoms with E-state index in [1.807, 2.05) is 0 Å². The Morgan fingerprint density at radius 2 is 2.12 bits per heavy atom. The lowest BCUT2D eigenvalue weighted by Crippen LogP contribution is -2.37. The number of aromatic amines is 1. The molecule has 1 aromatic heterocycles. The number of nitrogens with one attached hydrogen (secondary N) is 1. The summed E-state index contributed by atoms with van der Waals surface area (Å²) >= 11 is 0. The van der Waals surface area contributed by atoms with E-state index in [0.29, 0.717) is 6.42 Å². The predicted octanol–water partition coefficient (Wildman–Crippen LogP) is -1.43. The SMILES string of the molecule is CC[C@H]1OC(n2ccc(=O)[nH]c2=O)[C@H](O)[C@@H]1O. The second-order valence-corrected chi connectivity index (χ2v) is 3.97. The van der Waals surface area contributed by atoms with E-state index in [1.54, 1.807) is 6.92 Å². The van der Waals surface area contributed by atoms with Gasteiger partial charge in [0, 0.05) is 12.3 Å². The van der Waals surface area contributed by atoms with Crippen molar-refractivity contribution in [2.75, 3.05) is 0 Å². The number of H-pyrrole nitrogens is 1. The lowest BCUT2D eigenvalue weighted by Gasteiger charge is -2.16. The van der Waals surface area contributed by atoms with Gasteiger partial charge in [-0.3, -0.25) is 14.3 Å². The van der Waals surface area contributed by atoms with Crippen LogP contribution in [0.5, 0.6) is 0 Å². The van der Waals surface area contributed by atoms with E-state index >= 15 is 0 Å². The van der Waals surface area contributed by atoms with Crippen LogP contribution in [-0.4, -0.2) is 38.1 Å². The highest BCUT2D eigenvalue weighted by molar-refractivity contribution is 4.92. The van der Waals surface area contributed by atoms with Gasteiger partial charge in [-0.1, -0.05) is 6.92 Å². The molecule has 17 heavy (non-hydrogen) atoms. The summed E-state index contributed by atoms with van der Waals surface area (Å²) in [5.41, 5.74) is -1.20. The Hall–Kier alpha value is -1.44. The zero-order chi connectivity index (χ0) is 12.6. The van der Waals surface area contributed by atoms with Gasteiger partial charge in [-0.15, -0.1) is 0 Å². The number of aliphatic hydroxyl groups is 2. The fourth-order valence-corrected chi connectivity index (χ4v) is 1.92. The van der Waals surface area contributed by atoms with E-state index in [2.05, 4.69) is 4.98 Å². The number of ether oxygens (including phenoxy) is 1. The van der Waals surface area contributed by atoms with Crippen molar-refractivity contribution in [2.45, 2.75) is 37.9 Å². The number of hydrogen-bond donors (Lipinski definition) is 3. The minimum absolute atomic E-state index is 0.520. The molecular weight excluding hydrogens is 228 g/mol. The molecule has 1 aromatic rings. The molecule has 0 aliphatic carbocycles. The maximum atomic E-state index is 11.5. The summed E-state index contributed by atoms with van der Waals surface area (Å²) in [5, 5.41) is 19.5. The molecule has 0 bridgehead atoms. The number of aliphatic hydroxyl groups excluding tert-OH is 2. The standard InChI is InChI=1S/C10H14N2O5/c1-2-5-7(14)8(15)9(17-5)12-4-3-6(13)11-10(12)16/h3-5,7-9,14-15H,2H2,1H3,(H,11,13,16)/t5-,7-,8-,9?/m1/s1. The molecule has 7 nitrogen and oxygen atoms in total. The molecule has 2 heterocycles. The van der Waals surface area contributed by atoms with Crippen LogP contribution >= 0.6 is 0 Å². The second-order valence-electron chi connectivity index (χ2n) is 3.97. The molecule has 94 valence electrons. The first-order valence-corrected chi connectivity index (χ1v) is 5.37. The lowest BCUT2D eigenvalue weighted by molar-refractivity contribution is -0.0405. The first-order chi connectivity index (χ1) is 8.04. The van der Waals surface area contributed by atoms with Crippen molar-refractivity contribution < 1.29 is 14.9 Å². The van der Waals surface area contributed by atoms with Crippen molar-refractivity contribution >= 4 is 0 Å². The monoisotopic (exact) mass is 242 g/mol. The van der Waals surface area contributed by atoms with Crippen LogP contribution in [0.1, 0.15) is 19.6 Å². The van der Waals surface area contributed by atoms with Crippen molar-refractivity contribution in [3.05, 3.63) is 33.1 Å². The summed E-state index contributed by atoms with van der Waals surface area (Å²) in [6, 6.07) is 1.16. The first-order valence-electron chi connectivity index (χ1n) is 5.37. The smallest absolute Gasteiger partial charge is 0.330 e. The van der Waals surface area contributed by atoms with Gasteiger partial charge in [0.1, 0.15) is 12.2 Å². The van der Waals surface area contributed by atoms with Crippen LogP contribution in [-0.2, 0) is 4.74 Å². The minimum atomic E-state index is -1.19. The molecule has 0 amide bonds. The Morgan fingerprint density at radius 1 is 1.41 bits per heavy atom. The van der Waals surface area contributed by atoms with Gasteiger partial charge in [-0.05, 0) is 6.42 Å². The average Bonchev–Trinajstić information content (AvgIpc) is 2.57. The summed E-state index contributed by atoms with van der Waals surface area (Å²) in [5.74, 6) is 0. The second kappa shape index (κ2) is 4.44. The Kier molecular flexibility index (Phi) is 3.14. The van der Waals surface area contributed by atoms with Crippen LogP contribution in [0.25, 0.3) is 0 Å². The molecule has 1 saturated heterocycles. The average molecular weight is 242 g/mol. The van der Waals surface area contributed by atoms with Crippen LogP contribution in [0.3, 0.4) is 0 Å². The summed E-state index contributed by atoms with van der Waals surface area (Å²) in [4.78, 5) is 24.5. The van der Waals surface area contributed by atoms with Crippen LogP contribution in [0.2, 0.25) is 0 Å². The van der Waals surface area contributed by atoms with Gasteiger partial charge in [0.05, 0.1) is 6.10 Å². The number of rotatable bonds is 2. The normalized spacial score (nSPS) is 32.9. The third-order valence-corrected chi connectivity index (χ3v) is 2.86.